The maximum Gasteiger partial charge on any atom is 0.326 e. The van der Waals surface area contributed by atoms with Crippen LogP contribution in [-0.4, -0.2) is 48.8 Å². The molecule has 0 radical (unpaired) electrons. The number of imidazole rings is 2. The minimum Gasteiger partial charge on any atom is -0.480 e. The Bertz CT molecular complexity index is 1370. The van der Waals surface area contributed by atoms with Crippen molar-refractivity contribution in [1.82, 2.24) is 25.3 Å². The SMILES string of the molecule is CC(C)C(NC(=O)c1ccc2nc(CCc3nc4ccc(C(=N)N)cc4[nH]3)[nH]c2c1)C(=O)O. The molecule has 1 unspecified atom stereocenters. The molecule has 2 aromatic heterocycles. The van der Waals surface area contributed by atoms with Crippen LogP contribution in [0.2, 0.25) is 0 Å². The van der Waals surface area contributed by atoms with Crippen molar-refractivity contribution >= 4 is 39.8 Å². The summed E-state index contributed by atoms with van der Waals surface area (Å²) in [5.41, 5.74) is 9.59. The van der Waals surface area contributed by atoms with E-state index >= 15 is 0 Å². The number of carboxylic acid groups (broad SMARTS) is 1. The molecule has 0 fully saturated rings. The molecule has 0 spiro atoms. The van der Waals surface area contributed by atoms with Gasteiger partial charge in [0.05, 0.1) is 22.1 Å². The summed E-state index contributed by atoms with van der Waals surface area (Å²) in [6.45, 7) is 3.49. The highest BCUT2D eigenvalue weighted by Gasteiger charge is 2.24. The number of nitrogens with one attached hydrogen (secondary N) is 4. The number of benzene rings is 2. The molecule has 4 rings (SSSR count). The summed E-state index contributed by atoms with van der Waals surface area (Å²) in [7, 11) is 0. The lowest BCUT2D eigenvalue weighted by Crippen LogP contribution is -2.44. The predicted molar refractivity (Wildman–Crippen MR) is 124 cm³/mol. The lowest BCUT2D eigenvalue weighted by atomic mass is 10.0. The molecule has 10 nitrogen and oxygen atoms in total. The highest BCUT2D eigenvalue weighted by Crippen LogP contribution is 2.17. The number of carbonyl (C=O) groups is 2. The molecule has 0 aliphatic rings. The fraction of sp³-hybridized carbons (Fsp3) is 0.261. The molecule has 2 aromatic carbocycles. The van der Waals surface area contributed by atoms with Gasteiger partial charge in [-0.3, -0.25) is 10.2 Å². The fourth-order valence-electron chi connectivity index (χ4n) is 3.65. The van der Waals surface area contributed by atoms with Crippen molar-refractivity contribution in [3.05, 3.63) is 59.2 Å². The fourth-order valence-corrected chi connectivity index (χ4v) is 3.65. The molecule has 0 bridgehead atoms. The van der Waals surface area contributed by atoms with Gasteiger partial charge in [-0.15, -0.1) is 0 Å². The zero-order chi connectivity index (χ0) is 23.7. The number of carboxylic acids is 1. The van der Waals surface area contributed by atoms with E-state index in [9.17, 15) is 14.7 Å². The highest BCUT2D eigenvalue weighted by molar-refractivity contribution is 5.99. The Hall–Kier alpha value is -4.21. The number of aliphatic carboxylic acids is 1. The topological polar surface area (TPSA) is 174 Å². The van der Waals surface area contributed by atoms with E-state index in [1.807, 2.05) is 6.07 Å². The largest absolute Gasteiger partial charge is 0.480 e. The van der Waals surface area contributed by atoms with Gasteiger partial charge in [0.25, 0.3) is 5.91 Å². The number of aromatic nitrogens is 4. The van der Waals surface area contributed by atoms with E-state index in [4.69, 9.17) is 11.1 Å². The Morgan fingerprint density at radius 3 is 2.00 bits per heavy atom. The second kappa shape index (κ2) is 8.73. The van der Waals surface area contributed by atoms with Crippen LogP contribution in [0.25, 0.3) is 22.1 Å². The normalized spacial score (nSPS) is 12.3. The summed E-state index contributed by atoms with van der Waals surface area (Å²) >= 11 is 0. The number of nitrogens with zero attached hydrogens (tertiary/aromatic N) is 2. The molecule has 0 saturated carbocycles. The van der Waals surface area contributed by atoms with Crippen molar-refractivity contribution in [2.24, 2.45) is 11.7 Å². The third-order valence-electron chi connectivity index (χ3n) is 5.45. The van der Waals surface area contributed by atoms with E-state index in [1.54, 1.807) is 44.2 Å². The summed E-state index contributed by atoms with van der Waals surface area (Å²) in [5.74, 6) is -0.197. The molecule has 7 N–H and O–H groups in total. The number of H-pyrrole nitrogens is 2. The number of carbonyl (C=O) groups excluding carboxylic acids is 1. The van der Waals surface area contributed by atoms with E-state index in [2.05, 4.69) is 25.3 Å². The molecule has 1 atom stereocenters. The van der Waals surface area contributed by atoms with Crippen molar-refractivity contribution in [3.63, 3.8) is 0 Å². The van der Waals surface area contributed by atoms with Gasteiger partial charge in [0.2, 0.25) is 0 Å². The maximum atomic E-state index is 12.5. The second-order valence-electron chi connectivity index (χ2n) is 8.28. The molecule has 4 aromatic rings. The van der Waals surface area contributed by atoms with Gasteiger partial charge in [-0.2, -0.15) is 0 Å². The zero-order valence-corrected chi connectivity index (χ0v) is 18.3. The van der Waals surface area contributed by atoms with E-state index in [-0.39, 0.29) is 11.8 Å². The molecule has 33 heavy (non-hydrogen) atoms. The highest BCUT2D eigenvalue weighted by atomic mass is 16.4. The zero-order valence-electron chi connectivity index (χ0n) is 18.3. The van der Waals surface area contributed by atoms with E-state index in [1.165, 1.54) is 0 Å². The molecule has 170 valence electrons. The number of fused-ring (bicyclic) bond motifs is 2. The van der Waals surface area contributed by atoms with Crippen LogP contribution in [0.4, 0.5) is 0 Å². The molecule has 10 heteroatoms. The quantitative estimate of drug-likeness (QED) is 0.179. The molecular formula is C23H25N7O3. The molecule has 0 aliphatic carbocycles. The number of aryl methyl sites for hydroxylation is 2. The number of amides is 1. The van der Waals surface area contributed by atoms with Crippen LogP contribution in [0.3, 0.4) is 0 Å². The predicted octanol–water partition coefficient (Wildman–Crippen LogP) is 2.35. The first kappa shape index (κ1) is 22.0. The van der Waals surface area contributed by atoms with Gasteiger partial charge >= 0.3 is 5.97 Å². The van der Waals surface area contributed by atoms with Crippen LogP contribution in [0.5, 0.6) is 0 Å². The van der Waals surface area contributed by atoms with Crippen molar-refractivity contribution in [2.45, 2.75) is 32.7 Å². The Kier molecular flexibility index (Phi) is 5.82. The van der Waals surface area contributed by atoms with E-state index in [0.717, 1.165) is 28.2 Å². The summed E-state index contributed by atoms with van der Waals surface area (Å²) in [6.07, 6.45) is 1.22. The molecule has 1 amide bonds. The molecule has 0 aliphatic heterocycles. The Balaban J connectivity index is 1.47. The summed E-state index contributed by atoms with van der Waals surface area (Å²) in [6, 6.07) is 9.48. The number of hydrogen-bond acceptors (Lipinski definition) is 5. The first-order valence-corrected chi connectivity index (χ1v) is 10.6. The average molecular weight is 447 g/mol. The Labute approximate surface area is 189 Å². The van der Waals surface area contributed by atoms with Crippen molar-refractivity contribution in [2.75, 3.05) is 0 Å². The summed E-state index contributed by atoms with van der Waals surface area (Å²) in [5, 5.41) is 19.4. The molecule has 2 heterocycles. The average Bonchev–Trinajstić information content (AvgIpc) is 3.37. The minimum atomic E-state index is -1.06. The number of nitrogen functional groups attached to an aromatic ring is 1. The number of amidine groups is 1. The number of aromatic amines is 2. The van der Waals surface area contributed by atoms with Gasteiger partial charge in [0.15, 0.2) is 0 Å². The standard InChI is InChI=1S/C23H25N7O3/c1-11(2)20(23(32)33)30-22(31)13-4-6-15-17(10-13)29-19(27-15)8-7-18-26-14-5-3-12(21(24)25)9-16(14)28-18/h3-6,9-11,20H,7-8H2,1-2H3,(H3,24,25)(H,26,28)(H,27,29)(H,30,31)(H,32,33). The number of hydrogen-bond donors (Lipinski definition) is 6. The van der Waals surface area contributed by atoms with Gasteiger partial charge in [0.1, 0.15) is 23.5 Å². The summed E-state index contributed by atoms with van der Waals surface area (Å²) < 4.78 is 0. The van der Waals surface area contributed by atoms with Crippen molar-refractivity contribution in [1.29, 1.82) is 5.41 Å². The van der Waals surface area contributed by atoms with E-state index < -0.39 is 17.9 Å². The van der Waals surface area contributed by atoms with Gasteiger partial charge in [-0.1, -0.05) is 13.8 Å². The first-order chi connectivity index (χ1) is 15.7. The number of rotatable bonds is 8. The van der Waals surface area contributed by atoms with Crippen molar-refractivity contribution < 1.29 is 14.7 Å². The third-order valence-corrected chi connectivity index (χ3v) is 5.45. The monoisotopic (exact) mass is 447 g/mol. The molecule has 0 saturated heterocycles. The lowest BCUT2D eigenvalue weighted by molar-refractivity contribution is -0.140. The number of nitrogens with two attached hydrogens (primary N) is 1. The Morgan fingerprint density at radius 2 is 1.52 bits per heavy atom. The van der Waals surface area contributed by atoms with Crippen LogP contribution in [-0.2, 0) is 17.6 Å². The van der Waals surface area contributed by atoms with Gasteiger partial charge in [0, 0.05) is 24.0 Å². The van der Waals surface area contributed by atoms with Crippen LogP contribution in [0.1, 0.15) is 41.4 Å². The molecular weight excluding hydrogens is 422 g/mol. The first-order valence-electron chi connectivity index (χ1n) is 10.6. The van der Waals surface area contributed by atoms with E-state index in [0.29, 0.717) is 29.5 Å². The summed E-state index contributed by atoms with van der Waals surface area (Å²) in [4.78, 5) is 39.5. The second-order valence-corrected chi connectivity index (χ2v) is 8.28. The van der Waals surface area contributed by atoms with Gasteiger partial charge < -0.3 is 26.1 Å². The lowest BCUT2D eigenvalue weighted by Gasteiger charge is -2.17. The van der Waals surface area contributed by atoms with Gasteiger partial charge in [-0.25, -0.2) is 14.8 Å². The van der Waals surface area contributed by atoms with Crippen LogP contribution >= 0.6 is 0 Å². The third kappa shape index (κ3) is 4.69. The van der Waals surface area contributed by atoms with Crippen LogP contribution in [0, 0.1) is 11.3 Å². The maximum absolute atomic E-state index is 12.5. The van der Waals surface area contributed by atoms with Crippen LogP contribution in [0.15, 0.2) is 36.4 Å². The smallest absolute Gasteiger partial charge is 0.326 e. The van der Waals surface area contributed by atoms with Gasteiger partial charge in [-0.05, 0) is 42.3 Å². The minimum absolute atomic E-state index is 0.00561. The van der Waals surface area contributed by atoms with Crippen LogP contribution < -0.4 is 11.1 Å². The Morgan fingerprint density at radius 1 is 1.00 bits per heavy atom. The van der Waals surface area contributed by atoms with Crippen molar-refractivity contribution in [3.8, 4) is 0 Å².